The van der Waals surface area contributed by atoms with Crippen LogP contribution in [0.15, 0.2) is 24.3 Å². The Bertz CT molecular complexity index is 1270. The van der Waals surface area contributed by atoms with Crippen LogP contribution in [0.1, 0.15) is 58.2 Å². The van der Waals surface area contributed by atoms with E-state index in [2.05, 4.69) is 35.1 Å². The Hall–Kier alpha value is -3.09. The van der Waals surface area contributed by atoms with Crippen LogP contribution in [0.3, 0.4) is 0 Å². The average molecular weight is 462 g/mol. The number of carbonyl (C=O) groups is 2. The molecule has 1 saturated heterocycles. The topological polar surface area (TPSA) is 85.1 Å². The number of nitrogens with zero attached hydrogens (tertiary/aromatic N) is 3. The second-order valence-corrected chi connectivity index (χ2v) is 11.1. The third-order valence-electron chi connectivity index (χ3n) is 8.21. The molecule has 2 aliphatic rings. The molecule has 7 nitrogen and oxygen atoms in total. The van der Waals surface area contributed by atoms with Crippen molar-refractivity contribution in [2.24, 2.45) is 10.8 Å². The van der Waals surface area contributed by atoms with E-state index in [1.54, 1.807) is 16.8 Å². The number of nitrogens with one attached hydrogen (secondary N) is 2. The Labute approximate surface area is 200 Å². The summed E-state index contributed by atoms with van der Waals surface area (Å²) in [6.45, 7) is 9.26. The zero-order valence-electron chi connectivity index (χ0n) is 20.9. The van der Waals surface area contributed by atoms with Crippen LogP contribution in [0.2, 0.25) is 0 Å². The molecular weight excluding hydrogens is 426 g/mol. The molecule has 2 aromatic heterocycles. The van der Waals surface area contributed by atoms with Crippen LogP contribution in [0.25, 0.3) is 22.3 Å². The van der Waals surface area contributed by atoms with Gasteiger partial charge in [-0.2, -0.15) is 5.10 Å². The molecule has 3 heterocycles. The van der Waals surface area contributed by atoms with E-state index in [0.717, 1.165) is 47.2 Å². The molecule has 2 N–H and O–H groups in total. The highest BCUT2D eigenvalue weighted by Gasteiger charge is 2.39. The fraction of sp³-hybridized carbons (Fsp3) is 0.519. The Morgan fingerprint density at radius 1 is 1.21 bits per heavy atom. The molecule has 0 bridgehead atoms. The lowest BCUT2D eigenvalue weighted by atomic mass is 9.73. The number of benzene rings is 1. The van der Waals surface area contributed by atoms with E-state index < -0.39 is 0 Å². The van der Waals surface area contributed by atoms with E-state index in [0.29, 0.717) is 12.0 Å². The summed E-state index contributed by atoms with van der Waals surface area (Å²) in [5.74, 6) is -0.0298. The summed E-state index contributed by atoms with van der Waals surface area (Å²) in [4.78, 5) is 32.3. The maximum Gasteiger partial charge on any atom is 0.246 e. The van der Waals surface area contributed by atoms with Crippen molar-refractivity contribution in [1.29, 1.82) is 0 Å². The molecule has 0 radical (unpaired) electrons. The number of aromatic amines is 2. The minimum Gasteiger partial charge on any atom is -0.353 e. The van der Waals surface area contributed by atoms with E-state index in [4.69, 9.17) is 0 Å². The van der Waals surface area contributed by atoms with Crippen molar-refractivity contribution < 1.29 is 9.59 Å². The number of fused-ring (bicyclic) bond motifs is 2. The summed E-state index contributed by atoms with van der Waals surface area (Å²) in [5, 5.41) is 9.04. The Morgan fingerprint density at radius 3 is 2.71 bits per heavy atom. The highest BCUT2D eigenvalue weighted by Crippen LogP contribution is 2.40. The van der Waals surface area contributed by atoms with Crippen LogP contribution < -0.4 is 4.90 Å². The van der Waals surface area contributed by atoms with Gasteiger partial charge in [0.1, 0.15) is 12.2 Å². The van der Waals surface area contributed by atoms with E-state index in [1.807, 2.05) is 32.0 Å². The molecule has 1 aliphatic heterocycles. The van der Waals surface area contributed by atoms with Gasteiger partial charge in [0.15, 0.2) is 0 Å². The molecule has 1 atom stereocenters. The van der Waals surface area contributed by atoms with E-state index >= 15 is 0 Å². The number of likely N-dealkylation sites (tertiary alicyclic amines) is 1. The van der Waals surface area contributed by atoms with Gasteiger partial charge in [-0.15, -0.1) is 0 Å². The minimum atomic E-state index is -0.376. The van der Waals surface area contributed by atoms with Gasteiger partial charge in [0.05, 0.1) is 5.69 Å². The number of hydrogen-bond donors (Lipinski definition) is 2. The number of likely N-dealkylation sites (N-methyl/N-ethyl adjacent to an activating group) is 1. The van der Waals surface area contributed by atoms with Gasteiger partial charge in [0.2, 0.25) is 11.8 Å². The predicted molar refractivity (Wildman–Crippen MR) is 135 cm³/mol. The molecule has 3 aromatic rings. The summed E-state index contributed by atoms with van der Waals surface area (Å²) in [6.07, 6.45) is 5.21. The third kappa shape index (κ3) is 3.81. The van der Waals surface area contributed by atoms with Gasteiger partial charge in [-0.3, -0.25) is 14.7 Å². The first-order chi connectivity index (χ1) is 16.1. The predicted octanol–water partition coefficient (Wildman–Crippen LogP) is 4.68. The fourth-order valence-electron chi connectivity index (χ4n) is 5.35. The molecule has 2 amide bonds. The molecule has 0 spiro atoms. The van der Waals surface area contributed by atoms with Gasteiger partial charge in [-0.25, -0.2) is 0 Å². The number of carbonyl (C=O) groups excluding carboxylic acids is 2. The third-order valence-corrected chi connectivity index (χ3v) is 8.21. The van der Waals surface area contributed by atoms with E-state index in [9.17, 15) is 9.59 Å². The lowest BCUT2D eigenvalue weighted by molar-refractivity contribution is -0.137. The molecule has 34 heavy (non-hydrogen) atoms. The molecule has 1 aliphatic carbocycles. The molecule has 5 rings (SSSR count). The second-order valence-electron chi connectivity index (χ2n) is 11.1. The smallest absolute Gasteiger partial charge is 0.246 e. The van der Waals surface area contributed by atoms with Crippen molar-refractivity contribution in [3.05, 3.63) is 35.5 Å². The van der Waals surface area contributed by atoms with Gasteiger partial charge in [0, 0.05) is 46.9 Å². The molecule has 1 aromatic carbocycles. The van der Waals surface area contributed by atoms with Gasteiger partial charge in [0.25, 0.3) is 0 Å². The quantitative estimate of drug-likeness (QED) is 0.578. The zero-order chi connectivity index (χ0) is 24.3. The molecule has 180 valence electrons. The summed E-state index contributed by atoms with van der Waals surface area (Å²) >= 11 is 0. The SMILES string of the molecule is CCC1(C)CCc2c(-c3cc4ccc(N(C)C(=O)CN5CCC(C)(C)C5=O)cc4[nH]3)n[nH]c2C1. The van der Waals surface area contributed by atoms with Gasteiger partial charge in [-0.1, -0.05) is 40.2 Å². The van der Waals surface area contributed by atoms with E-state index in [1.165, 1.54) is 24.1 Å². The first kappa shape index (κ1) is 22.7. The lowest BCUT2D eigenvalue weighted by Crippen LogP contribution is -2.40. The van der Waals surface area contributed by atoms with Crippen LogP contribution in [-0.4, -0.2) is 52.0 Å². The molecule has 0 saturated carbocycles. The van der Waals surface area contributed by atoms with Crippen LogP contribution in [0, 0.1) is 10.8 Å². The van der Waals surface area contributed by atoms with E-state index in [-0.39, 0.29) is 23.8 Å². The van der Waals surface area contributed by atoms with Crippen LogP contribution in [0.4, 0.5) is 5.69 Å². The summed E-state index contributed by atoms with van der Waals surface area (Å²) < 4.78 is 0. The molecule has 7 heteroatoms. The van der Waals surface area contributed by atoms with Crippen molar-refractivity contribution in [3.8, 4) is 11.4 Å². The second kappa shape index (κ2) is 8.00. The fourth-order valence-corrected chi connectivity index (χ4v) is 5.35. The Balaban J connectivity index is 1.36. The van der Waals surface area contributed by atoms with Gasteiger partial charge >= 0.3 is 0 Å². The number of aromatic nitrogens is 3. The molecule has 1 unspecified atom stereocenters. The standard InChI is InChI=1S/C27H35N5O2/c1-6-27(4)10-9-19-22(15-27)29-30-24(19)21-13-17-7-8-18(14-20(17)28-21)31(5)23(33)16-32-12-11-26(2,3)25(32)34/h7-8,13-14,28H,6,9-12,15-16H2,1-5H3,(H,29,30). The first-order valence-corrected chi connectivity index (χ1v) is 12.4. The lowest BCUT2D eigenvalue weighted by Gasteiger charge is -2.32. The number of amides is 2. The van der Waals surface area contributed by atoms with Crippen molar-refractivity contribution >= 4 is 28.4 Å². The van der Waals surface area contributed by atoms with Gasteiger partial charge < -0.3 is 14.8 Å². The number of anilines is 1. The van der Waals surface area contributed by atoms with Gasteiger partial charge in [-0.05, 0) is 49.3 Å². The average Bonchev–Trinajstić information content (AvgIpc) is 3.49. The molecule has 1 fully saturated rings. The van der Waals surface area contributed by atoms with Crippen LogP contribution in [-0.2, 0) is 22.4 Å². The summed E-state index contributed by atoms with van der Waals surface area (Å²) in [5.41, 5.74) is 6.33. The Morgan fingerprint density at radius 2 is 2.00 bits per heavy atom. The van der Waals surface area contributed by atoms with Crippen molar-refractivity contribution in [3.63, 3.8) is 0 Å². The normalized spacial score (nSPS) is 21.8. The first-order valence-electron chi connectivity index (χ1n) is 12.4. The number of rotatable bonds is 5. The molecular formula is C27H35N5O2. The largest absolute Gasteiger partial charge is 0.353 e. The summed E-state index contributed by atoms with van der Waals surface area (Å²) in [7, 11) is 1.77. The van der Waals surface area contributed by atoms with Crippen molar-refractivity contribution in [1.82, 2.24) is 20.1 Å². The minimum absolute atomic E-state index is 0.0558. The van der Waals surface area contributed by atoms with Crippen LogP contribution >= 0.6 is 0 Å². The summed E-state index contributed by atoms with van der Waals surface area (Å²) in [6, 6.07) is 8.13. The van der Waals surface area contributed by atoms with Crippen molar-refractivity contribution in [2.75, 3.05) is 25.0 Å². The monoisotopic (exact) mass is 461 g/mol. The number of H-pyrrole nitrogens is 2. The zero-order valence-corrected chi connectivity index (χ0v) is 20.9. The van der Waals surface area contributed by atoms with Crippen molar-refractivity contribution in [2.45, 2.75) is 59.8 Å². The number of hydrogen-bond acceptors (Lipinski definition) is 3. The maximum atomic E-state index is 12.9. The highest BCUT2D eigenvalue weighted by atomic mass is 16.2. The van der Waals surface area contributed by atoms with Crippen LogP contribution in [0.5, 0.6) is 0 Å². The maximum absolute atomic E-state index is 12.9. The Kier molecular flexibility index (Phi) is 5.34. The highest BCUT2D eigenvalue weighted by molar-refractivity contribution is 5.99.